The maximum Gasteiger partial charge on any atom is 0.322 e. The molecule has 1 aromatic heterocycles. The number of anilines is 1. The third kappa shape index (κ3) is 6.55. The minimum atomic E-state index is -0.564. The van der Waals surface area contributed by atoms with Gasteiger partial charge in [-0.1, -0.05) is 48.0 Å². The Kier molecular flexibility index (Phi) is 8.25. The van der Waals surface area contributed by atoms with Gasteiger partial charge in [-0.3, -0.25) is 4.79 Å². The number of thiophene rings is 1. The lowest BCUT2D eigenvalue weighted by molar-refractivity contribution is -0.133. The smallest absolute Gasteiger partial charge is 0.322 e. The van der Waals surface area contributed by atoms with Gasteiger partial charge in [-0.25, -0.2) is 9.18 Å². The molecule has 8 heteroatoms. The molecule has 0 saturated carbocycles. The third-order valence-electron chi connectivity index (χ3n) is 4.86. The van der Waals surface area contributed by atoms with Crippen LogP contribution in [0.5, 0.6) is 0 Å². The number of nitrogens with zero attached hydrogens (tertiary/aromatic N) is 2. The van der Waals surface area contributed by atoms with Crippen LogP contribution < -0.4 is 5.32 Å². The maximum atomic E-state index is 13.4. The number of rotatable bonds is 8. The van der Waals surface area contributed by atoms with Gasteiger partial charge in [0, 0.05) is 23.2 Å². The van der Waals surface area contributed by atoms with Crippen LogP contribution in [0.2, 0.25) is 5.02 Å². The van der Waals surface area contributed by atoms with E-state index in [-0.39, 0.29) is 23.5 Å². The highest BCUT2D eigenvalue weighted by Gasteiger charge is 2.24. The fourth-order valence-corrected chi connectivity index (χ4v) is 4.03. The number of hydrogen-bond donors (Lipinski definition) is 1. The first kappa shape index (κ1) is 23.8. The van der Waals surface area contributed by atoms with Gasteiger partial charge in [0.2, 0.25) is 5.91 Å². The van der Waals surface area contributed by atoms with Crippen LogP contribution in [0, 0.1) is 5.82 Å². The summed E-state index contributed by atoms with van der Waals surface area (Å²) in [5.41, 5.74) is 1.37. The SMILES string of the molecule is CC(C)N(CC(=O)N(Cc1ccccc1)Cc1cccs1)C(=O)Nc1ccc(F)c(Cl)c1. The Labute approximate surface area is 196 Å². The number of urea groups is 1. The molecule has 1 heterocycles. The highest BCUT2D eigenvalue weighted by Crippen LogP contribution is 2.20. The van der Waals surface area contributed by atoms with Crippen molar-refractivity contribution in [2.45, 2.75) is 33.0 Å². The molecular formula is C24H25ClFN3O2S. The van der Waals surface area contributed by atoms with Crippen molar-refractivity contribution in [1.82, 2.24) is 9.80 Å². The normalized spacial score (nSPS) is 10.8. The quantitative estimate of drug-likeness (QED) is 0.435. The topological polar surface area (TPSA) is 52.7 Å². The van der Waals surface area contributed by atoms with Crippen molar-refractivity contribution in [1.29, 1.82) is 0 Å². The second-order valence-electron chi connectivity index (χ2n) is 7.60. The van der Waals surface area contributed by atoms with Crippen molar-refractivity contribution in [3.63, 3.8) is 0 Å². The van der Waals surface area contributed by atoms with E-state index in [9.17, 15) is 14.0 Å². The number of benzene rings is 2. The number of nitrogens with one attached hydrogen (secondary N) is 1. The highest BCUT2D eigenvalue weighted by atomic mass is 35.5. The standard InChI is InChI=1S/C24H25ClFN3O2S/c1-17(2)29(24(31)27-19-10-11-22(26)21(25)13-19)16-23(30)28(15-20-9-6-12-32-20)14-18-7-4-3-5-8-18/h3-13,17H,14-16H2,1-2H3,(H,27,31). The molecule has 3 rings (SSSR count). The van der Waals surface area contributed by atoms with E-state index >= 15 is 0 Å². The third-order valence-corrected chi connectivity index (χ3v) is 6.01. The zero-order chi connectivity index (χ0) is 23.1. The van der Waals surface area contributed by atoms with Gasteiger partial charge in [-0.15, -0.1) is 11.3 Å². The zero-order valence-corrected chi connectivity index (χ0v) is 19.5. The molecule has 5 nitrogen and oxygen atoms in total. The lowest BCUT2D eigenvalue weighted by Gasteiger charge is -2.30. The molecule has 2 aromatic carbocycles. The van der Waals surface area contributed by atoms with E-state index in [2.05, 4.69) is 5.32 Å². The Morgan fingerprint density at radius 1 is 1.06 bits per heavy atom. The maximum absolute atomic E-state index is 13.4. The van der Waals surface area contributed by atoms with Crippen LogP contribution in [-0.4, -0.2) is 34.3 Å². The van der Waals surface area contributed by atoms with Crippen LogP contribution in [-0.2, 0) is 17.9 Å². The van der Waals surface area contributed by atoms with Crippen molar-refractivity contribution in [3.05, 3.63) is 87.3 Å². The van der Waals surface area contributed by atoms with E-state index in [0.717, 1.165) is 10.4 Å². The van der Waals surface area contributed by atoms with Gasteiger partial charge in [0.25, 0.3) is 0 Å². The first-order chi connectivity index (χ1) is 15.3. The van der Waals surface area contributed by atoms with Crippen molar-refractivity contribution in [2.24, 2.45) is 0 Å². The van der Waals surface area contributed by atoms with Gasteiger partial charge in [-0.05, 0) is 49.1 Å². The van der Waals surface area contributed by atoms with Crippen molar-refractivity contribution in [3.8, 4) is 0 Å². The summed E-state index contributed by atoms with van der Waals surface area (Å²) in [6.45, 7) is 4.50. The van der Waals surface area contributed by atoms with Gasteiger partial charge < -0.3 is 15.1 Å². The van der Waals surface area contributed by atoms with E-state index in [0.29, 0.717) is 18.8 Å². The Hall–Kier alpha value is -2.90. The van der Waals surface area contributed by atoms with E-state index in [1.807, 2.05) is 61.7 Å². The largest absolute Gasteiger partial charge is 0.332 e. The number of amides is 3. The average Bonchev–Trinajstić information content (AvgIpc) is 3.27. The molecule has 0 radical (unpaired) electrons. The molecule has 0 spiro atoms. The molecule has 0 aliphatic carbocycles. The van der Waals surface area contributed by atoms with Gasteiger partial charge in [0.1, 0.15) is 12.4 Å². The molecule has 0 aliphatic rings. The van der Waals surface area contributed by atoms with Crippen molar-refractivity contribution < 1.29 is 14.0 Å². The molecule has 0 aliphatic heterocycles. The molecule has 32 heavy (non-hydrogen) atoms. The Bertz CT molecular complexity index is 1040. The molecule has 0 fully saturated rings. The summed E-state index contributed by atoms with van der Waals surface area (Å²) in [5, 5.41) is 4.59. The molecule has 0 atom stereocenters. The van der Waals surface area contributed by atoms with Crippen LogP contribution >= 0.6 is 22.9 Å². The number of carbonyl (C=O) groups excluding carboxylic acids is 2. The predicted octanol–water partition coefficient (Wildman–Crippen LogP) is 6.01. The van der Waals surface area contributed by atoms with Crippen LogP contribution in [0.4, 0.5) is 14.9 Å². The molecule has 1 N–H and O–H groups in total. The Morgan fingerprint density at radius 3 is 2.44 bits per heavy atom. The molecule has 0 saturated heterocycles. The predicted molar refractivity (Wildman–Crippen MR) is 127 cm³/mol. The fraction of sp³-hybridized carbons (Fsp3) is 0.250. The van der Waals surface area contributed by atoms with Crippen LogP contribution in [0.1, 0.15) is 24.3 Å². The first-order valence-corrected chi connectivity index (χ1v) is 11.5. The van der Waals surface area contributed by atoms with E-state index in [1.54, 1.807) is 16.2 Å². The van der Waals surface area contributed by atoms with Gasteiger partial charge in [-0.2, -0.15) is 0 Å². The highest BCUT2D eigenvalue weighted by molar-refractivity contribution is 7.09. The number of carbonyl (C=O) groups is 2. The second kappa shape index (κ2) is 11.1. The molecule has 168 valence electrons. The van der Waals surface area contributed by atoms with Gasteiger partial charge in [0.15, 0.2) is 0 Å². The lowest BCUT2D eigenvalue weighted by Crippen LogP contribution is -2.47. The van der Waals surface area contributed by atoms with Crippen LogP contribution in [0.3, 0.4) is 0 Å². The summed E-state index contributed by atoms with van der Waals surface area (Å²) in [4.78, 5) is 30.4. The van der Waals surface area contributed by atoms with Gasteiger partial charge in [0.05, 0.1) is 11.6 Å². The Morgan fingerprint density at radius 2 is 1.81 bits per heavy atom. The van der Waals surface area contributed by atoms with Crippen molar-refractivity contribution in [2.75, 3.05) is 11.9 Å². The van der Waals surface area contributed by atoms with E-state index in [1.165, 1.54) is 23.1 Å². The minimum absolute atomic E-state index is 0.0834. The van der Waals surface area contributed by atoms with Gasteiger partial charge >= 0.3 is 6.03 Å². The van der Waals surface area contributed by atoms with E-state index in [4.69, 9.17) is 11.6 Å². The summed E-state index contributed by atoms with van der Waals surface area (Å²) in [6, 6.07) is 17.0. The molecule has 3 amide bonds. The number of halogens is 2. The lowest BCUT2D eigenvalue weighted by atomic mass is 10.2. The number of hydrogen-bond acceptors (Lipinski definition) is 3. The monoisotopic (exact) mass is 473 g/mol. The molecule has 0 unspecified atom stereocenters. The summed E-state index contributed by atoms with van der Waals surface area (Å²) >= 11 is 7.40. The molecule has 3 aromatic rings. The zero-order valence-electron chi connectivity index (χ0n) is 17.9. The molecule has 0 bridgehead atoms. The summed E-state index contributed by atoms with van der Waals surface area (Å²) in [7, 11) is 0. The summed E-state index contributed by atoms with van der Waals surface area (Å²) in [5.74, 6) is -0.728. The second-order valence-corrected chi connectivity index (χ2v) is 9.03. The fourth-order valence-electron chi connectivity index (χ4n) is 3.13. The van der Waals surface area contributed by atoms with Crippen LogP contribution in [0.15, 0.2) is 66.0 Å². The first-order valence-electron chi connectivity index (χ1n) is 10.2. The Balaban J connectivity index is 1.74. The van der Waals surface area contributed by atoms with E-state index < -0.39 is 11.8 Å². The summed E-state index contributed by atoms with van der Waals surface area (Å²) < 4.78 is 13.4. The van der Waals surface area contributed by atoms with Crippen LogP contribution in [0.25, 0.3) is 0 Å². The summed E-state index contributed by atoms with van der Waals surface area (Å²) in [6.07, 6.45) is 0. The molecular weight excluding hydrogens is 449 g/mol. The van der Waals surface area contributed by atoms with Crippen molar-refractivity contribution >= 4 is 40.6 Å². The minimum Gasteiger partial charge on any atom is -0.332 e. The average molecular weight is 474 g/mol.